The molecule has 29 heavy (non-hydrogen) atoms. The maximum Gasteiger partial charge on any atom is 0.319 e. The lowest BCUT2D eigenvalue weighted by Crippen LogP contribution is -2.39. The van der Waals surface area contributed by atoms with Gasteiger partial charge in [0, 0.05) is 16.8 Å². The van der Waals surface area contributed by atoms with Gasteiger partial charge >= 0.3 is 6.03 Å². The van der Waals surface area contributed by atoms with Crippen LogP contribution in [-0.2, 0) is 10.0 Å². The zero-order valence-electron chi connectivity index (χ0n) is 16.1. The summed E-state index contributed by atoms with van der Waals surface area (Å²) in [5.74, 6) is 0.370. The number of carbonyl (C=O) groups excluding carboxylic acids is 1. The number of amides is 2. The van der Waals surface area contributed by atoms with Gasteiger partial charge in [0.1, 0.15) is 5.75 Å². The Hall–Kier alpha value is -2.45. The first-order valence-electron chi connectivity index (χ1n) is 9.41. The van der Waals surface area contributed by atoms with Crippen molar-refractivity contribution in [3.05, 3.63) is 47.5 Å². The molecule has 1 aliphatic carbocycles. The Labute approximate surface area is 175 Å². The van der Waals surface area contributed by atoms with Crippen LogP contribution in [0.5, 0.6) is 5.75 Å². The van der Waals surface area contributed by atoms with Crippen molar-refractivity contribution >= 4 is 39.0 Å². The lowest BCUT2D eigenvalue weighted by atomic mass is 9.96. The summed E-state index contributed by atoms with van der Waals surface area (Å²) in [4.78, 5) is 12.4. The van der Waals surface area contributed by atoms with E-state index in [4.69, 9.17) is 16.3 Å². The zero-order chi connectivity index (χ0) is 20.9. The van der Waals surface area contributed by atoms with Crippen LogP contribution in [0, 0.1) is 0 Å². The summed E-state index contributed by atoms with van der Waals surface area (Å²) in [6.07, 6.45) is 5.28. The van der Waals surface area contributed by atoms with Crippen LogP contribution in [0.25, 0.3) is 0 Å². The molecule has 2 amide bonds. The fourth-order valence-electron chi connectivity index (χ4n) is 3.27. The second-order valence-electron chi connectivity index (χ2n) is 6.91. The van der Waals surface area contributed by atoms with Gasteiger partial charge in [0.15, 0.2) is 0 Å². The predicted octanol–water partition coefficient (Wildman–Crippen LogP) is 4.60. The SMILES string of the molecule is COc1ccc(S(=O)(=O)Nc2ccc(Cl)cc2)cc1NC(=O)NC1CCCCC1. The largest absolute Gasteiger partial charge is 0.495 e. The van der Waals surface area contributed by atoms with Gasteiger partial charge in [-0.1, -0.05) is 30.9 Å². The number of carbonyl (C=O) groups is 1. The van der Waals surface area contributed by atoms with Crippen molar-refractivity contribution in [3.63, 3.8) is 0 Å². The molecule has 0 unspecified atom stereocenters. The van der Waals surface area contributed by atoms with E-state index in [1.54, 1.807) is 24.3 Å². The fourth-order valence-corrected chi connectivity index (χ4v) is 4.49. The molecule has 0 bridgehead atoms. The van der Waals surface area contributed by atoms with E-state index in [1.807, 2.05) is 0 Å². The van der Waals surface area contributed by atoms with Crippen molar-refractivity contribution in [1.29, 1.82) is 0 Å². The predicted molar refractivity (Wildman–Crippen MR) is 114 cm³/mol. The Morgan fingerprint density at radius 1 is 1.07 bits per heavy atom. The molecule has 0 saturated heterocycles. The topological polar surface area (TPSA) is 96.5 Å². The number of halogens is 1. The van der Waals surface area contributed by atoms with Crippen LogP contribution in [0.3, 0.4) is 0 Å². The van der Waals surface area contributed by atoms with Crippen molar-refractivity contribution in [3.8, 4) is 5.75 Å². The van der Waals surface area contributed by atoms with Crippen molar-refractivity contribution < 1.29 is 17.9 Å². The third-order valence-electron chi connectivity index (χ3n) is 4.77. The quantitative estimate of drug-likeness (QED) is 0.615. The number of nitrogens with one attached hydrogen (secondary N) is 3. The van der Waals surface area contributed by atoms with E-state index >= 15 is 0 Å². The van der Waals surface area contributed by atoms with Crippen molar-refractivity contribution in [2.45, 2.75) is 43.0 Å². The maximum absolute atomic E-state index is 12.7. The number of urea groups is 1. The number of methoxy groups -OCH3 is 1. The van der Waals surface area contributed by atoms with Gasteiger partial charge in [-0.2, -0.15) is 0 Å². The van der Waals surface area contributed by atoms with Crippen LogP contribution < -0.4 is 20.1 Å². The van der Waals surface area contributed by atoms with Crippen LogP contribution in [0.15, 0.2) is 47.4 Å². The lowest BCUT2D eigenvalue weighted by Gasteiger charge is -2.23. The van der Waals surface area contributed by atoms with Gasteiger partial charge in [0.2, 0.25) is 0 Å². The Bertz CT molecular complexity index is 958. The molecule has 0 aliphatic heterocycles. The zero-order valence-corrected chi connectivity index (χ0v) is 17.6. The van der Waals surface area contributed by atoms with Crippen LogP contribution >= 0.6 is 11.6 Å². The van der Waals surface area contributed by atoms with Crippen molar-refractivity contribution in [2.24, 2.45) is 0 Å². The molecule has 2 aromatic carbocycles. The highest BCUT2D eigenvalue weighted by atomic mass is 35.5. The second-order valence-corrected chi connectivity index (χ2v) is 9.03. The molecule has 156 valence electrons. The summed E-state index contributed by atoms with van der Waals surface area (Å²) in [6.45, 7) is 0. The van der Waals surface area contributed by atoms with Crippen LogP contribution in [-0.4, -0.2) is 27.6 Å². The number of hydrogen-bond acceptors (Lipinski definition) is 4. The van der Waals surface area contributed by atoms with Crippen molar-refractivity contribution in [2.75, 3.05) is 17.1 Å². The van der Waals surface area contributed by atoms with E-state index in [0.29, 0.717) is 16.5 Å². The Kier molecular flexibility index (Phi) is 6.87. The van der Waals surface area contributed by atoms with Gasteiger partial charge in [-0.05, 0) is 55.3 Å². The average molecular weight is 438 g/mol. The monoisotopic (exact) mass is 437 g/mol. The molecule has 3 rings (SSSR count). The van der Waals surface area contributed by atoms with Crippen molar-refractivity contribution in [1.82, 2.24) is 5.32 Å². The fraction of sp³-hybridized carbons (Fsp3) is 0.350. The molecule has 0 atom stereocenters. The summed E-state index contributed by atoms with van der Waals surface area (Å²) >= 11 is 5.84. The Balaban J connectivity index is 1.76. The summed E-state index contributed by atoms with van der Waals surface area (Å²) in [5.41, 5.74) is 0.662. The third-order valence-corrected chi connectivity index (χ3v) is 6.40. The number of ether oxygens (including phenoxy) is 1. The first-order chi connectivity index (χ1) is 13.9. The highest BCUT2D eigenvalue weighted by Crippen LogP contribution is 2.29. The molecule has 3 N–H and O–H groups in total. The molecule has 1 saturated carbocycles. The van der Waals surface area contributed by atoms with E-state index in [2.05, 4.69) is 15.4 Å². The molecular weight excluding hydrogens is 414 g/mol. The summed E-state index contributed by atoms with van der Waals surface area (Å²) < 4.78 is 33.2. The van der Waals surface area contributed by atoms with Gasteiger partial charge < -0.3 is 15.4 Å². The molecule has 0 spiro atoms. The first kappa shape index (κ1) is 21.3. The van der Waals surface area contributed by atoms with Gasteiger partial charge in [0.25, 0.3) is 10.0 Å². The highest BCUT2D eigenvalue weighted by molar-refractivity contribution is 7.92. The molecule has 0 aromatic heterocycles. The van der Waals surface area contributed by atoms with E-state index in [1.165, 1.54) is 31.7 Å². The summed E-state index contributed by atoms with van der Waals surface area (Å²) in [6, 6.07) is 10.4. The molecule has 1 fully saturated rings. The van der Waals surface area contributed by atoms with Crippen LogP contribution in [0.2, 0.25) is 5.02 Å². The number of benzene rings is 2. The Morgan fingerprint density at radius 2 is 1.76 bits per heavy atom. The second kappa shape index (κ2) is 9.37. The first-order valence-corrected chi connectivity index (χ1v) is 11.3. The minimum absolute atomic E-state index is 0.00113. The highest BCUT2D eigenvalue weighted by Gasteiger charge is 2.20. The molecular formula is C20H24ClN3O4S. The minimum atomic E-state index is -3.86. The minimum Gasteiger partial charge on any atom is -0.495 e. The standard InChI is InChI=1S/C20H24ClN3O4S/c1-28-19-12-11-17(29(26,27)24-16-9-7-14(21)8-10-16)13-18(19)23-20(25)22-15-5-3-2-4-6-15/h7-13,15,24H,2-6H2,1H3,(H2,22,23,25). The van der Waals surface area contributed by atoms with E-state index in [9.17, 15) is 13.2 Å². The molecule has 2 aromatic rings. The average Bonchev–Trinajstić information content (AvgIpc) is 2.70. The molecule has 7 nitrogen and oxygen atoms in total. The third kappa shape index (κ3) is 5.77. The van der Waals surface area contributed by atoms with E-state index in [0.717, 1.165) is 25.7 Å². The van der Waals surface area contributed by atoms with Gasteiger partial charge in [0.05, 0.1) is 17.7 Å². The number of rotatable bonds is 6. The summed E-state index contributed by atoms with van der Waals surface area (Å²) in [5, 5.41) is 6.15. The van der Waals surface area contributed by atoms with Gasteiger partial charge in [-0.3, -0.25) is 4.72 Å². The lowest BCUT2D eigenvalue weighted by molar-refractivity contribution is 0.244. The molecule has 1 aliphatic rings. The number of hydrogen-bond donors (Lipinski definition) is 3. The van der Waals surface area contributed by atoms with Gasteiger partial charge in [-0.25, -0.2) is 13.2 Å². The van der Waals surface area contributed by atoms with E-state index in [-0.39, 0.29) is 22.7 Å². The van der Waals surface area contributed by atoms with Crippen LogP contribution in [0.4, 0.5) is 16.2 Å². The number of sulfonamides is 1. The normalized spacial score (nSPS) is 14.8. The number of anilines is 2. The Morgan fingerprint density at radius 3 is 2.41 bits per heavy atom. The molecule has 0 radical (unpaired) electrons. The van der Waals surface area contributed by atoms with Gasteiger partial charge in [-0.15, -0.1) is 0 Å². The van der Waals surface area contributed by atoms with E-state index < -0.39 is 10.0 Å². The molecule has 0 heterocycles. The smallest absolute Gasteiger partial charge is 0.319 e. The molecule has 9 heteroatoms. The van der Waals surface area contributed by atoms with Crippen LogP contribution in [0.1, 0.15) is 32.1 Å². The summed E-state index contributed by atoms with van der Waals surface area (Å²) in [7, 11) is -2.40. The maximum atomic E-state index is 12.7.